The lowest BCUT2D eigenvalue weighted by Gasteiger charge is -2.31. The predicted octanol–water partition coefficient (Wildman–Crippen LogP) is -0.657. The number of piperazine rings is 1. The molecule has 1 heterocycles. The SMILES string of the molecule is CCCCNC(=O)NC(=O)C[NH+]1CCN(S(=O)(=O)Cc2ccccc2)CC1. The van der Waals surface area contributed by atoms with Gasteiger partial charge in [-0.2, -0.15) is 4.31 Å². The van der Waals surface area contributed by atoms with E-state index >= 15 is 0 Å². The van der Waals surface area contributed by atoms with E-state index in [2.05, 4.69) is 10.6 Å². The zero-order valence-electron chi connectivity index (χ0n) is 15.7. The molecule has 0 spiro atoms. The molecule has 1 aromatic rings. The van der Waals surface area contributed by atoms with E-state index in [1.54, 1.807) is 12.1 Å². The molecule has 0 atom stereocenters. The molecule has 8 nitrogen and oxygen atoms in total. The molecule has 1 aliphatic rings. The number of unbranched alkanes of at least 4 members (excludes halogenated alkanes) is 1. The maximum absolute atomic E-state index is 12.5. The molecule has 0 aromatic heterocycles. The Balaban J connectivity index is 1.74. The number of hydrogen-bond donors (Lipinski definition) is 3. The van der Waals surface area contributed by atoms with Crippen LogP contribution in [-0.4, -0.2) is 63.9 Å². The highest BCUT2D eigenvalue weighted by Gasteiger charge is 2.30. The lowest BCUT2D eigenvalue weighted by atomic mass is 10.2. The number of sulfonamides is 1. The number of carbonyl (C=O) groups excluding carboxylic acids is 2. The van der Waals surface area contributed by atoms with Crippen molar-refractivity contribution >= 4 is 22.0 Å². The number of benzene rings is 1. The molecular formula is C18H29N4O4S+. The topological polar surface area (TPSA) is 100 Å². The molecular weight excluding hydrogens is 368 g/mol. The summed E-state index contributed by atoms with van der Waals surface area (Å²) < 4.78 is 26.6. The van der Waals surface area contributed by atoms with Crippen LogP contribution in [0.25, 0.3) is 0 Å². The number of amides is 3. The molecule has 150 valence electrons. The molecule has 3 N–H and O–H groups in total. The van der Waals surface area contributed by atoms with Gasteiger partial charge in [-0.25, -0.2) is 13.2 Å². The third kappa shape index (κ3) is 7.28. The van der Waals surface area contributed by atoms with Crippen LogP contribution >= 0.6 is 0 Å². The highest BCUT2D eigenvalue weighted by molar-refractivity contribution is 7.88. The number of rotatable bonds is 8. The predicted molar refractivity (Wildman–Crippen MR) is 103 cm³/mol. The number of quaternary nitrogens is 1. The van der Waals surface area contributed by atoms with Crippen LogP contribution in [0, 0.1) is 0 Å². The van der Waals surface area contributed by atoms with E-state index in [0.717, 1.165) is 23.3 Å². The summed E-state index contributed by atoms with van der Waals surface area (Å²) in [6.45, 7) is 4.56. The lowest BCUT2D eigenvalue weighted by Crippen LogP contribution is -3.15. The molecule has 0 radical (unpaired) electrons. The van der Waals surface area contributed by atoms with Crippen LogP contribution in [0.15, 0.2) is 30.3 Å². The molecule has 0 bridgehead atoms. The zero-order valence-corrected chi connectivity index (χ0v) is 16.6. The van der Waals surface area contributed by atoms with E-state index in [4.69, 9.17) is 0 Å². The fourth-order valence-electron chi connectivity index (χ4n) is 2.95. The number of nitrogens with zero attached hydrogens (tertiary/aromatic N) is 1. The van der Waals surface area contributed by atoms with Gasteiger partial charge in [0.05, 0.1) is 31.9 Å². The van der Waals surface area contributed by atoms with Crippen molar-refractivity contribution in [1.29, 1.82) is 0 Å². The van der Waals surface area contributed by atoms with Crippen molar-refractivity contribution in [2.24, 2.45) is 0 Å². The first-order valence-corrected chi connectivity index (χ1v) is 10.9. The van der Waals surface area contributed by atoms with E-state index in [1.807, 2.05) is 25.1 Å². The van der Waals surface area contributed by atoms with E-state index in [0.29, 0.717) is 32.7 Å². The standard InChI is InChI=1S/C18H28N4O4S/c1-2-3-9-19-18(24)20-17(23)14-21-10-12-22(13-11-21)27(25,26)15-16-7-5-4-6-8-16/h4-8H,2-3,9-15H2,1H3,(H2,19,20,23,24)/p+1. The molecule has 1 fully saturated rings. The van der Waals surface area contributed by atoms with Gasteiger partial charge in [0.15, 0.2) is 6.54 Å². The average Bonchev–Trinajstić information content (AvgIpc) is 2.62. The summed E-state index contributed by atoms with van der Waals surface area (Å²) in [5.74, 6) is -0.360. The van der Waals surface area contributed by atoms with Gasteiger partial charge in [-0.3, -0.25) is 10.1 Å². The summed E-state index contributed by atoms with van der Waals surface area (Å²) in [5.41, 5.74) is 0.765. The van der Waals surface area contributed by atoms with Crippen LogP contribution in [0.2, 0.25) is 0 Å². The Morgan fingerprint density at radius 2 is 1.81 bits per heavy atom. The highest BCUT2D eigenvalue weighted by atomic mass is 32.2. The second kappa shape index (κ2) is 10.4. The maximum atomic E-state index is 12.5. The molecule has 0 unspecified atom stereocenters. The monoisotopic (exact) mass is 397 g/mol. The van der Waals surface area contributed by atoms with Gasteiger partial charge in [0.25, 0.3) is 5.91 Å². The largest absolute Gasteiger partial charge is 0.338 e. The minimum atomic E-state index is -3.36. The minimum absolute atomic E-state index is 0.0123. The third-order valence-corrected chi connectivity index (χ3v) is 6.34. The molecule has 0 aliphatic carbocycles. The third-order valence-electron chi connectivity index (χ3n) is 4.49. The van der Waals surface area contributed by atoms with Crippen molar-refractivity contribution in [2.75, 3.05) is 39.3 Å². The van der Waals surface area contributed by atoms with Gasteiger partial charge in [-0.1, -0.05) is 43.7 Å². The van der Waals surface area contributed by atoms with Crippen molar-refractivity contribution < 1.29 is 22.9 Å². The normalized spacial score (nSPS) is 16.0. The molecule has 3 amide bonds. The maximum Gasteiger partial charge on any atom is 0.321 e. The molecule has 0 saturated carbocycles. The van der Waals surface area contributed by atoms with E-state index in [-0.39, 0.29) is 18.2 Å². The van der Waals surface area contributed by atoms with Crippen molar-refractivity contribution in [1.82, 2.24) is 14.9 Å². The average molecular weight is 398 g/mol. The summed E-state index contributed by atoms with van der Waals surface area (Å²) in [6, 6.07) is 8.63. The van der Waals surface area contributed by atoms with E-state index < -0.39 is 16.1 Å². The number of hydrogen-bond acceptors (Lipinski definition) is 4. The molecule has 2 rings (SSSR count). The minimum Gasteiger partial charge on any atom is -0.338 e. The van der Waals surface area contributed by atoms with Crippen molar-refractivity contribution in [3.8, 4) is 0 Å². The lowest BCUT2D eigenvalue weighted by molar-refractivity contribution is -0.895. The molecule has 27 heavy (non-hydrogen) atoms. The fourth-order valence-corrected chi connectivity index (χ4v) is 4.49. The molecule has 9 heteroatoms. The first-order chi connectivity index (χ1) is 12.9. The Morgan fingerprint density at radius 1 is 1.15 bits per heavy atom. The quantitative estimate of drug-likeness (QED) is 0.507. The van der Waals surface area contributed by atoms with Gasteiger partial charge >= 0.3 is 6.03 Å². The van der Waals surface area contributed by atoms with E-state index in [9.17, 15) is 18.0 Å². The summed E-state index contributed by atoms with van der Waals surface area (Å²) in [5, 5.41) is 4.95. The Hall–Kier alpha value is -1.97. The smallest absolute Gasteiger partial charge is 0.321 e. The highest BCUT2D eigenvalue weighted by Crippen LogP contribution is 2.10. The van der Waals surface area contributed by atoms with Gasteiger partial charge in [0.2, 0.25) is 10.0 Å². The second-order valence-electron chi connectivity index (χ2n) is 6.73. The van der Waals surface area contributed by atoms with Crippen LogP contribution in [0.3, 0.4) is 0 Å². The zero-order chi connectivity index (χ0) is 19.7. The Labute approximate surface area is 161 Å². The summed E-state index contributed by atoms with van der Waals surface area (Å²) in [7, 11) is -3.36. The van der Waals surface area contributed by atoms with Gasteiger partial charge in [0.1, 0.15) is 0 Å². The second-order valence-corrected chi connectivity index (χ2v) is 8.69. The van der Waals surface area contributed by atoms with Crippen LogP contribution in [0.5, 0.6) is 0 Å². The van der Waals surface area contributed by atoms with Gasteiger partial charge in [0, 0.05) is 6.54 Å². The van der Waals surface area contributed by atoms with Crippen LogP contribution < -0.4 is 15.5 Å². The number of nitrogens with one attached hydrogen (secondary N) is 3. The van der Waals surface area contributed by atoms with Crippen molar-refractivity contribution in [3.63, 3.8) is 0 Å². The van der Waals surface area contributed by atoms with E-state index in [1.165, 1.54) is 4.31 Å². The first kappa shape index (κ1) is 21.3. The number of carbonyl (C=O) groups is 2. The van der Waals surface area contributed by atoms with Crippen LogP contribution in [0.1, 0.15) is 25.3 Å². The van der Waals surface area contributed by atoms with Crippen LogP contribution in [-0.2, 0) is 20.6 Å². The van der Waals surface area contributed by atoms with Crippen molar-refractivity contribution in [2.45, 2.75) is 25.5 Å². The Bertz CT molecular complexity index is 716. The summed E-state index contributed by atoms with van der Waals surface area (Å²) >= 11 is 0. The Kier molecular flexibility index (Phi) is 8.21. The molecule has 1 saturated heterocycles. The molecule has 1 aromatic carbocycles. The molecule has 1 aliphatic heterocycles. The van der Waals surface area contributed by atoms with Gasteiger partial charge in [-0.15, -0.1) is 0 Å². The van der Waals surface area contributed by atoms with Gasteiger partial charge in [-0.05, 0) is 12.0 Å². The summed E-state index contributed by atoms with van der Waals surface area (Å²) in [4.78, 5) is 24.5. The Morgan fingerprint density at radius 3 is 2.44 bits per heavy atom. The van der Waals surface area contributed by atoms with Gasteiger partial charge < -0.3 is 10.2 Å². The first-order valence-electron chi connectivity index (χ1n) is 9.33. The van der Waals surface area contributed by atoms with Crippen LogP contribution in [0.4, 0.5) is 4.79 Å². The number of urea groups is 1. The fraction of sp³-hybridized carbons (Fsp3) is 0.556. The number of imide groups is 1. The summed E-state index contributed by atoms with van der Waals surface area (Å²) in [6.07, 6.45) is 1.84. The van der Waals surface area contributed by atoms with Crippen molar-refractivity contribution in [3.05, 3.63) is 35.9 Å².